The molecule has 1 heterocycles. The fourth-order valence-electron chi connectivity index (χ4n) is 3.82. The van der Waals surface area contributed by atoms with Crippen LogP contribution in [0.25, 0.3) is 0 Å². The first-order valence-corrected chi connectivity index (χ1v) is 11.7. The zero-order valence-corrected chi connectivity index (χ0v) is 19.9. The van der Waals surface area contributed by atoms with Crippen LogP contribution in [0.5, 0.6) is 5.75 Å². The highest BCUT2D eigenvalue weighted by Gasteiger charge is 2.21. The number of phenolic OH excluding ortho intramolecular Hbond substituents is 1. The van der Waals surface area contributed by atoms with Crippen LogP contribution >= 0.6 is 0 Å². The number of carbonyl (C=O) groups excluding carboxylic acids is 2. The van der Waals surface area contributed by atoms with Crippen LogP contribution in [0.3, 0.4) is 0 Å². The molecular weight excluding hydrogens is 428 g/mol. The molecule has 0 unspecified atom stereocenters. The molecule has 3 rings (SSSR count). The van der Waals surface area contributed by atoms with Crippen LogP contribution in [-0.4, -0.2) is 29.1 Å². The van der Waals surface area contributed by atoms with Crippen LogP contribution in [0.1, 0.15) is 70.9 Å². The Bertz CT molecular complexity index is 1080. The van der Waals surface area contributed by atoms with Crippen LogP contribution in [0.15, 0.2) is 67.0 Å². The lowest BCUT2D eigenvalue weighted by molar-refractivity contribution is 0.0597. The van der Waals surface area contributed by atoms with Gasteiger partial charge in [0.1, 0.15) is 11.3 Å². The Morgan fingerprint density at radius 1 is 0.971 bits per heavy atom. The van der Waals surface area contributed by atoms with Crippen molar-refractivity contribution in [3.05, 3.63) is 89.2 Å². The second-order valence-electron chi connectivity index (χ2n) is 8.31. The fraction of sp³-hybridized carbons (Fsp3) is 0.321. The molecule has 0 aliphatic carbocycles. The predicted octanol–water partition coefficient (Wildman–Crippen LogP) is 5.93. The van der Waals surface area contributed by atoms with E-state index in [0.29, 0.717) is 17.8 Å². The summed E-state index contributed by atoms with van der Waals surface area (Å²) in [5.74, 6) is -1.13. The van der Waals surface area contributed by atoms with E-state index in [1.807, 2.05) is 12.1 Å². The molecule has 0 spiro atoms. The third-order valence-electron chi connectivity index (χ3n) is 5.78. The number of carbonyl (C=O) groups is 2. The highest BCUT2D eigenvalue weighted by Crippen LogP contribution is 2.27. The molecule has 6 nitrogen and oxygen atoms in total. The molecule has 0 aliphatic rings. The molecule has 178 valence electrons. The summed E-state index contributed by atoms with van der Waals surface area (Å²) < 4.78 is 4.77. The van der Waals surface area contributed by atoms with Gasteiger partial charge in [-0.15, -0.1) is 0 Å². The van der Waals surface area contributed by atoms with Gasteiger partial charge in [-0.1, -0.05) is 56.9 Å². The number of unbranched alkanes of at least 4 members (excludes halogenated alkanes) is 4. The molecule has 6 heteroatoms. The minimum atomic E-state index is -0.670. The smallest absolute Gasteiger partial charge is 0.341 e. The van der Waals surface area contributed by atoms with Gasteiger partial charge in [0.05, 0.1) is 19.2 Å². The summed E-state index contributed by atoms with van der Waals surface area (Å²) >= 11 is 0. The van der Waals surface area contributed by atoms with Crippen molar-refractivity contribution in [3.63, 3.8) is 0 Å². The molecule has 34 heavy (non-hydrogen) atoms. The molecule has 3 aromatic rings. The maximum Gasteiger partial charge on any atom is 0.341 e. The number of aryl methyl sites for hydroxylation is 1. The molecule has 0 aliphatic heterocycles. The molecule has 0 radical (unpaired) electrons. The Balaban J connectivity index is 1.83. The fourth-order valence-corrected chi connectivity index (χ4v) is 3.82. The normalized spacial score (nSPS) is 10.6. The van der Waals surface area contributed by atoms with Crippen molar-refractivity contribution < 1.29 is 19.4 Å². The van der Waals surface area contributed by atoms with E-state index < -0.39 is 5.97 Å². The molecule has 1 amide bonds. The van der Waals surface area contributed by atoms with E-state index in [2.05, 4.69) is 24.0 Å². The van der Waals surface area contributed by atoms with Gasteiger partial charge in [-0.25, -0.2) is 4.79 Å². The number of benzene rings is 2. The number of amides is 1. The van der Waals surface area contributed by atoms with Crippen molar-refractivity contribution in [3.8, 4) is 5.75 Å². The van der Waals surface area contributed by atoms with E-state index in [9.17, 15) is 14.7 Å². The number of aromatic nitrogens is 1. The van der Waals surface area contributed by atoms with E-state index in [-0.39, 0.29) is 17.2 Å². The number of pyridine rings is 1. The number of aromatic hydroxyl groups is 1. The van der Waals surface area contributed by atoms with E-state index in [4.69, 9.17) is 4.74 Å². The van der Waals surface area contributed by atoms with Gasteiger partial charge >= 0.3 is 5.97 Å². The number of hydrogen-bond donors (Lipinski definition) is 1. The van der Waals surface area contributed by atoms with Crippen LogP contribution in [-0.2, 0) is 17.7 Å². The number of nitrogens with zero attached hydrogens (tertiary/aromatic N) is 2. The molecule has 2 aromatic carbocycles. The van der Waals surface area contributed by atoms with Crippen LogP contribution < -0.4 is 4.90 Å². The number of hydrogen-bond acceptors (Lipinski definition) is 5. The van der Waals surface area contributed by atoms with E-state index in [1.165, 1.54) is 63.1 Å². The monoisotopic (exact) mass is 460 g/mol. The summed E-state index contributed by atoms with van der Waals surface area (Å²) in [7, 11) is 1.25. The minimum absolute atomic E-state index is 0.00223. The van der Waals surface area contributed by atoms with Gasteiger partial charge in [-0.3, -0.25) is 9.78 Å². The number of rotatable bonds is 11. The average molecular weight is 461 g/mol. The number of ether oxygens (including phenoxy) is 1. The maximum atomic E-state index is 13.4. The number of esters is 1. The van der Waals surface area contributed by atoms with Crippen molar-refractivity contribution in [1.82, 2.24) is 4.98 Å². The zero-order valence-electron chi connectivity index (χ0n) is 19.9. The molecule has 1 aromatic heterocycles. The summed E-state index contributed by atoms with van der Waals surface area (Å²) in [6.45, 7) is 2.52. The average Bonchev–Trinajstić information content (AvgIpc) is 2.88. The second kappa shape index (κ2) is 12.5. The van der Waals surface area contributed by atoms with Crippen LogP contribution in [0.4, 0.5) is 5.69 Å². The van der Waals surface area contributed by atoms with Gasteiger partial charge in [0.25, 0.3) is 5.91 Å². The van der Waals surface area contributed by atoms with Gasteiger partial charge < -0.3 is 14.7 Å². The Morgan fingerprint density at radius 2 is 1.71 bits per heavy atom. The second-order valence-corrected chi connectivity index (χ2v) is 8.31. The number of phenols is 1. The first kappa shape index (κ1) is 25.0. The van der Waals surface area contributed by atoms with Gasteiger partial charge in [0, 0.05) is 18.1 Å². The first-order chi connectivity index (χ1) is 16.5. The van der Waals surface area contributed by atoms with Gasteiger partial charge in [-0.05, 0) is 54.3 Å². The molecule has 0 saturated carbocycles. The Hall–Kier alpha value is -3.67. The molecule has 0 fully saturated rings. The lowest BCUT2D eigenvalue weighted by atomic mass is 10.0. The van der Waals surface area contributed by atoms with Crippen molar-refractivity contribution >= 4 is 17.6 Å². The summed E-state index contributed by atoms with van der Waals surface area (Å²) in [5.41, 5.74) is 3.15. The topological polar surface area (TPSA) is 79.7 Å². The van der Waals surface area contributed by atoms with Crippen molar-refractivity contribution in [2.75, 3.05) is 12.0 Å². The van der Waals surface area contributed by atoms with Crippen LogP contribution in [0, 0.1) is 0 Å². The lowest BCUT2D eigenvalue weighted by Gasteiger charge is -2.24. The van der Waals surface area contributed by atoms with E-state index >= 15 is 0 Å². The van der Waals surface area contributed by atoms with Gasteiger partial charge in [-0.2, -0.15) is 0 Å². The molecule has 0 atom stereocenters. The predicted molar refractivity (Wildman–Crippen MR) is 133 cm³/mol. The summed E-state index contributed by atoms with van der Waals surface area (Å²) in [5, 5.41) is 10.1. The van der Waals surface area contributed by atoms with Crippen molar-refractivity contribution in [2.24, 2.45) is 0 Å². The van der Waals surface area contributed by atoms with Gasteiger partial charge in [0.2, 0.25) is 0 Å². The van der Waals surface area contributed by atoms with Crippen molar-refractivity contribution in [2.45, 2.75) is 52.0 Å². The van der Waals surface area contributed by atoms with Gasteiger partial charge in [0.15, 0.2) is 0 Å². The lowest BCUT2D eigenvalue weighted by Crippen LogP contribution is -2.30. The summed E-state index contributed by atoms with van der Waals surface area (Å²) in [6.07, 6.45) is 10.4. The summed E-state index contributed by atoms with van der Waals surface area (Å²) in [4.78, 5) is 31.1. The van der Waals surface area contributed by atoms with E-state index in [1.54, 1.807) is 29.3 Å². The highest BCUT2D eigenvalue weighted by molar-refractivity contribution is 6.06. The summed E-state index contributed by atoms with van der Waals surface area (Å²) in [6, 6.07) is 16.2. The number of anilines is 1. The Morgan fingerprint density at radius 3 is 2.38 bits per heavy atom. The van der Waals surface area contributed by atoms with E-state index in [0.717, 1.165) is 12.0 Å². The quantitative estimate of drug-likeness (QED) is 0.283. The molecular formula is C28H32N2O4. The highest BCUT2D eigenvalue weighted by atomic mass is 16.5. The van der Waals surface area contributed by atoms with Crippen LogP contribution in [0.2, 0.25) is 0 Å². The SMILES string of the molecule is CCCCCCCc1ccc(CN(C(=O)c2cccnc2)c2ccc(O)c(C(=O)OC)c2)cc1. The molecule has 0 saturated heterocycles. The molecule has 0 bridgehead atoms. The third-order valence-corrected chi connectivity index (χ3v) is 5.78. The standard InChI is InChI=1S/C28H32N2O4/c1-3-4-5-6-7-9-21-11-13-22(14-12-21)20-30(27(32)23-10-8-17-29-19-23)24-15-16-26(31)25(18-24)28(33)34-2/h8,10-19,31H,3-7,9,20H2,1-2H3. The van der Waals surface area contributed by atoms with Crippen molar-refractivity contribution in [1.29, 1.82) is 0 Å². The maximum absolute atomic E-state index is 13.4. The zero-order chi connectivity index (χ0) is 24.3. The first-order valence-electron chi connectivity index (χ1n) is 11.7. The third kappa shape index (κ3) is 6.67. The number of methoxy groups -OCH3 is 1. The Kier molecular flexibility index (Phi) is 9.21. The molecule has 1 N–H and O–H groups in total. The Labute approximate surface area is 201 Å². The minimum Gasteiger partial charge on any atom is -0.507 e. The largest absolute Gasteiger partial charge is 0.507 e.